The molecule has 0 N–H and O–H groups in total. The Bertz CT molecular complexity index is 655. The van der Waals surface area contributed by atoms with Gasteiger partial charge in [0, 0.05) is 12.9 Å². The molecule has 4 heteroatoms. The van der Waals surface area contributed by atoms with E-state index < -0.39 is 0 Å². The van der Waals surface area contributed by atoms with E-state index in [0.717, 1.165) is 22.4 Å². The summed E-state index contributed by atoms with van der Waals surface area (Å²) in [5.74, 6) is 1.54. The van der Waals surface area contributed by atoms with Crippen molar-refractivity contribution in [3.63, 3.8) is 0 Å². The van der Waals surface area contributed by atoms with Crippen LogP contribution in [-0.2, 0) is 12.9 Å². The van der Waals surface area contributed by atoms with Crippen molar-refractivity contribution in [3.05, 3.63) is 41.3 Å². The van der Waals surface area contributed by atoms with Crippen LogP contribution in [0.1, 0.15) is 5.56 Å². The summed E-state index contributed by atoms with van der Waals surface area (Å²) in [6, 6.07) is 10.3. The van der Waals surface area contributed by atoms with Crippen molar-refractivity contribution in [3.8, 4) is 10.7 Å². The Labute approximate surface area is 108 Å². The summed E-state index contributed by atoms with van der Waals surface area (Å²) in [5, 5.41) is 2.07. The molecule has 0 spiro atoms. The van der Waals surface area contributed by atoms with E-state index >= 15 is 0 Å². The fraction of sp³-hybridized carbons (Fsp3) is 0.154. The standard InChI is InChI=1S/C13H11ClN2S/c1-16-11-5-4-9(8-14)7-10(11)15-13(16)12-3-2-6-17-12/h2-7H,8H2,1H3. The summed E-state index contributed by atoms with van der Waals surface area (Å²) in [7, 11) is 2.05. The normalized spacial score (nSPS) is 11.2. The quantitative estimate of drug-likeness (QED) is 0.638. The summed E-state index contributed by atoms with van der Waals surface area (Å²) < 4.78 is 2.12. The molecule has 0 bridgehead atoms. The minimum absolute atomic E-state index is 0.529. The Morgan fingerprint density at radius 1 is 1.35 bits per heavy atom. The molecule has 0 amide bonds. The highest BCUT2D eigenvalue weighted by molar-refractivity contribution is 7.13. The summed E-state index contributed by atoms with van der Waals surface area (Å²) in [5.41, 5.74) is 3.26. The molecule has 0 fully saturated rings. The van der Waals surface area contributed by atoms with Crippen molar-refractivity contribution in [1.29, 1.82) is 0 Å². The molecule has 0 radical (unpaired) electrons. The minimum atomic E-state index is 0.529. The Kier molecular flexibility index (Phi) is 2.65. The lowest BCUT2D eigenvalue weighted by Crippen LogP contribution is -1.90. The van der Waals surface area contributed by atoms with Crippen molar-refractivity contribution in [2.24, 2.45) is 7.05 Å². The number of benzene rings is 1. The van der Waals surface area contributed by atoms with Crippen LogP contribution in [0.25, 0.3) is 21.7 Å². The van der Waals surface area contributed by atoms with Crippen molar-refractivity contribution in [2.75, 3.05) is 0 Å². The van der Waals surface area contributed by atoms with Crippen molar-refractivity contribution >= 4 is 34.0 Å². The molecule has 0 saturated carbocycles. The van der Waals surface area contributed by atoms with E-state index in [4.69, 9.17) is 11.6 Å². The second-order valence-corrected chi connectivity index (χ2v) is 5.14. The highest BCUT2D eigenvalue weighted by atomic mass is 35.5. The van der Waals surface area contributed by atoms with Crippen molar-refractivity contribution < 1.29 is 0 Å². The van der Waals surface area contributed by atoms with Gasteiger partial charge in [0.1, 0.15) is 0 Å². The fourth-order valence-corrected chi connectivity index (χ4v) is 2.87. The molecular weight excluding hydrogens is 252 g/mol. The Hall–Kier alpha value is -1.32. The van der Waals surface area contributed by atoms with E-state index in [-0.39, 0.29) is 0 Å². The third kappa shape index (κ3) is 1.75. The predicted molar refractivity (Wildman–Crippen MR) is 73.6 cm³/mol. The molecule has 3 aromatic rings. The molecule has 0 aliphatic rings. The van der Waals surface area contributed by atoms with Gasteiger partial charge in [-0.05, 0) is 29.1 Å². The summed E-state index contributed by atoms with van der Waals surface area (Å²) in [4.78, 5) is 5.87. The van der Waals surface area contributed by atoms with E-state index in [2.05, 4.69) is 39.2 Å². The van der Waals surface area contributed by atoms with Crippen LogP contribution >= 0.6 is 22.9 Å². The van der Waals surface area contributed by atoms with Crippen LogP contribution in [0.15, 0.2) is 35.7 Å². The first-order chi connectivity index (χ1) is 8.29. The number of rotatable bonds is 2. The van der Waals surface area contributed by atoms with Gasteiger partial charge in [-0.15, -0.1) is 22.9 Å². The second-order valence-electron chi connectivity index (χ2n) is 3.93. The Morgan fingerprint density at radius 2 is 2.24 bits per heavy atom. The summed E-state index contributed by atoms with van der Waals surface area (Å²) in [6.07, 6.45) is 0. The zero-order valence-electron chi connectivity index (χ0n) is 9.35. The van der Waals surface area contributed by atoms with Crippen LogP contribution in [0.4, 0.5) is 0 Å². The van der Waals surface area contributed by atoms with E-state index in [1.165, 1.54) is 4.88 Å². The molecule has 17 heavy (non-hydrogen) atoms. The molecular formula is C13H11ClN2S. The maximum absolute atomic E-state index is 5.84. The van der Waals surface area contributed by atoms with Crippen LogP contribution in [0.3, 0.4) is 0 Å². The number of hydrogen-bond donors (Lipinski definition) is 0. The fourth-order valence-electron chi connectivity index (χ4n) is 1.95. The molecule has 0 unspecified atom stereocenters. The van der Waals surface area contributed by atoms with E-state index in [1.54, 1.807) is 11.3 Å². The number of alkyl halides is 1. The average Bonchev–Trinajstić information content (AvgIpc) is 2.97. The lowest BCUT2D eigenvalue weighted by molar-refractivity contribution is 0.963. The Morgan fingerprint density at radius 3 is 2.94 bits per heavy atom. The molecule has 3 rings (SSSR count). The summed E-state index contributed by atoms with van der Waals surface area (Å²) in [6.45, 7) is 0. The SMILES string of the molecule is Cn1c(-c2cccs2)nc2cc(CCl)ccc21. The third-order valence-electron chi connectivity index (χ3n) is 2.84. The number of aryl methyl sites for hydroxylation is 1. The van der Waals surface area contributed by atoms with E-state index in [0.29, 0.717) is 5.88 Å². The lowest BCUT2D eigenvalue weighted by Gasteiger charge is -1.99. The second kappa shape index (κ2) is 4.17. The van der Waals surface area contributed by atoms with Gasteiger partial charge in [-0.1, -0.05) is 12.1 Å². The van der Waals surface area contributed by atoms with Crippen LogP contribution in [-0.4, -0.2) is 9.55 Å². The first-order valence-electron chi connectivity index (χ1n) is 5.35. The minimum Gasteiger partial charge on any atom is -0.326 e. The van der Waals surface area contributed by atoms with Gasteiger partial charge in [-0.3, -0.25) is 0 Å². The number of hydrogen-bond acceptors (Lipinski definition) is 2. The third-order valence-corrected chi connectivity index (χ3v) is 4.02. The van der Waals surface area contributed by atoms with Gasteiger partial charge in [0.15, 0.2) is 5.82 Å². The number of imidazole rings is 1. The molecule has 2 nitrogen and oxygen atoms in total. The summed E-state index contributed by atoms with van der Waals surface area (Å²) >= 11 is 7.55. The zero-order chi connectivity index (χ0) is 11.8. The van der Waals surface area contributed by atoms with Crippen molar-refractivity contribution in [1.82, 2.24) is 9.55 Å². The lowest BCUT2D eigenvalue weighted by atomic mass is 10.2. The number of nitrogens with zero attached hydrogens (tertiary/aromatic N) is 2. The number of fused-ring (bicyclic) bond motifs is 1. The largest absolute Gasteiger partial charge is 0.326 e. The van der Waals surface area contributed by atoms with Gasteiger partial charge in [-0.25, -0.2) is 4.98 Å². The number of aromatic nitrogens is 2. The van der Waals surface area contributed by atoms with Crippen LogP contribution in [0.2, 0.25) is 0 Å². The van der Waals surface area contributed by atoms with Crippen LogP contribution in [0, 0.1) is 0 Å². The highest BCUT2D eigenvalue weighted by Crippen LogP contribution is 2.27. The van der Waals surface area contributed by atoms with Gasteiger partial charge < -0.3 is 4.57 Å². The predicted octanol–water partition coefficient (Wildman–Crippen LogP) is 4.04. The van der Waals surface area contributed by atoms with Gasteiger partial charge >= 0.3 is 0 Å². The van der Waals surface area contributed by atoms with Gasteiger partial charge in [0.2, 0.25) is 0 Å². The maximum Gasteiger partial charge on any atom is 0.150 e. The molecule has 0 aliphatic carbocycles. The first kappa shape index (κ1) is 10.8. The molecule has 2 heterocycles. The van der Waals surface area contributed by atoms with Gasteiger partial charge in [0.25, 0.3) is 0 Å². The zero-order valence-corrected chi connectivity index (χ0v) is 10.9. The van der Waals surface area contributed by atoms with Crippen LogP contribution in [0.5, 0.6) is 0 Å². The Balaban J connectivity index is 2.24. The first-order valence-corrected chi connectivity index (χ1v) is 6.76. The average molecular weight is 263 g/mol. The smallest absolute Gasteiger partial charge is 0.150 e. The van der Waals surface area contributed by atoms with E-state index in [1.807, 2.05) is 13.1 Å². The van der Waals surface area contributed by atoms with E-state index in [9.17, 15) is 0 Å². The number of thiophene rings is 1. The molecule has 2 aromatic heterocycles. The molecule has 0 atom stereocenters. The topological polar surface area (TPSA) is 17.8 Å². The van der Waals surface area contributed by atoms with Crippen molar-refractivity contribution in [2.45, 2.75) is 5.88 Å². The van der Waals surface area contributed by atoms with Gasteiger partial charge in [-0.2, -0.15) is 0 Å². The highest BCUT2D eigenvalue weighted by Gasteiger charge is 2.10. The molecule has 86 valence electrons. The number of halogens is 1. The molecule has 1 aromatic carbocycles. The monoisotopic (exact) mass is 262 g/mol. The maximum atomic E-state index is 5.84. The molecule has 0 aliphatic heterocycles. The van der Waals surface area contributed by atoms with Crippen LogP contribution < -0.4 is 0 Å². The molecule has 0 saturated heterocycles. The van der Waals surface area contributed by atoms with Gasteiger partial charge in [0.05, 0.1) is 15.9 Å².